The van der Waals surface area contributed by atoms with E-state index in [9.17, 15) is 4.39 Å². The maximum Gasteiger partial charge on any atom is 0.123 e. The van der Waals surface area contributed by atoms with Crippen molar-refractivity contribution >= 4 is 0 Å². The van der Waals surface area contributed by atoms with E-state index in [1.807, 2.05) is 19.2 Å². The van der Waals surface area contributed by atoms with Crippen LogP contribution in [-0.2, 0) is 12.8 Å². The highest BCUT2D eigenvalue weighted by Crippen LogP contribution is 2.31. The average molecular weight is 273 g/mol. The van der Waals surface area contributed by atoms with Crippen LogP contribution in [0.2, 0.25) is 0 Å². The molecule has 3 rings (SSSR count). The van der Waals surface area contributed by atoms with Crippen LogP contribution in [0.25, 0.3) is 0 Å². The molecule has 3 nitrogen and oxygen atoms in total. The first-order valence-electron chi connectivity index (χ1n) is 7.24. The van der Waals surface area contributed by atoms with Crippen LogP contribution in [0, 0.1) is 12.7 Å². The molecule has 0 radical (unpaired) electrons. The number of halogens is 1. The maximum absolute atomic E-state index is 13.3. The van der Waals surface area contributed by atoms with Gasteiger partial charge >= 0.3 is 0 Å². The summed E-state index contributed by atoms with van der Waals surface area (Å²) in [6.45, 7) is 3.00. The quantitative estimate of drug-likeness (QED) is 0.822. The molecule has 0 saturated carbocycles. The number of hydrogen-bond acceptors (Lipinski definition) is 2. The summed E-state index contributed by atoms with van der Waals surface area (Å²) in [5.41, 5.74) is 4.86. The fraction of sp³-hybridized carbons (Fsp3) is 0.438. The van der Waals surface area contributed by atoms with E-state index in [1.54, 1.807) is 12.1 Å². The molecule has 106 valence electrons. The lowest BCUT2D eigenvalue weighted by atomic mass is 10.1. The third-order valence-corrected chi connectivity index (χ3v) is 4.13. The van der Waals surface area contributed by atoms with Gasteiger partial charge in [-0.05, 0) is 68.0 Å². The predicted octanol–water partition coefficient (Wildman–Crippen LogP) is 3.07. The summed E-state index contributed by atoms with van der Waals surface area (Å²) in [4.78, 5) is 0. The molecule has 0 aliphatic heterocycles. The summed E-state index contributed by atoms with van der Waals surface area (Å²) >= 11 is 0. The number of H-pyrrole nitrogens is 1. The number of nitrogens with zero attached hydrogens (tertiary/aromatic N) is 1. The Morgan fingerprint density at radius 3 is 3.15 bits per heavy atom. The molecule has 1 aliphatic rings. The van der Waals surface area contributed by atoms with Gasteiger partial charge in [0.1, 0.15) is 5.82 Å². The van der Waals surface area contributed by atoms with Crippen LogP contribution in [0.4, 0.5) is 4.39 Å². The lowest BCUT2D eigenvalue weighted by Gasteiger charge is -2.14. The van der Waals surface area contributed by atoms with E-state index in [1.165, 1.54) is 11.1 Å². The van der Waals surface area contributed by atoms with Crippen LogP contribution in [0.3, 0.4) is 0 Å². The standard InChI is InChI=1S/C16H20FN3/c1-11-13(10-19-20-11)3-2-8-18-16-7-5-12-4-6-14(17)9-15(12)16/h4,6,9-10,16,18H,2-3,5,7-8H2,1H3,(H,19,20). The number of benzene rings is 1. The molecule has 1 heterocycles. The maximum atomic E-state index is 13.3. The zero-order chi connectivity index (χ0) is 13.9. The molecule has 1 aromatic heterocycles. The van der Waals surface area contributed by atoms with Crippen LogP contribution in [0.5, 0.6) is 0 Å². The van der Waals surface area contributed by atoms with Crippen molar-refractivity contribution in [3.05, 3.63) is 52.6 Å². The molecule has 20 heavy (non-hydrogen) atoms. The Kier molecular flexibility index (Phi) is 3.83. The first-order valence-corrected chi connectivity index (χ1v) is 7.24. The van der Waals surface area contributed by atoms with E-state index in [-0.39, 0.29) is 5.82 Å². The number of nitrogens with one attached hydrogen (secondary N) is 2. The topological polar surface area (TPSA) is 40.7 Å². The average Bonchev–Trinajstić information content (AvgIpc) is 3.01. The second-order valence-electron chi connectivity index (χ2n) is 5.51. The zero-order valence-corrected chi connectivity index (χ0v) is 11.7. The summed E-state index contributed by atoms with van der Waals surface area (Å²) in [5.74, 6) is -0.133. The van der Waals surface area contributed by atoms with Crippen molar-refractivity contribution in [1.82, 2.24) is 15.5 Å². The highest BCUT2D eigenvalue weighted by molar-refractivity contribution is 5.34. The van der Waals surface area contributed by atoms with Crippen molar-refractivity contribution in [2.24, 2.45) is 0 Å². The van der Waals surface area contributed by atoms with E-state index in [4.69, 9.17) is 0 Å². The number of aromatic nitrogens is 2. The van der Waals surface area contributed by atoms with Crippen molar-refractivity contribution in [3.63, 3.8) is 0 Å². The Morgan fingerprint density at radius 2 is 2.35 bits per heavy atom. The van der Waals surface area contributed by atoms with Gasteiger partial charge in [0, 0.05) is 11.7 Å². The highest BCUT2D eigenvalue weighted by Gasteiger charge is 2.22. The largest absolute Gasteiger partial charge is 0.310 e. The lowest BCUT2D eigenvalue weighted by Crippen LogP contribution is -2.21. The molecule has 1 aliphatic carbocycles. The van der Waals surface area contributed by atoms with Gasteiger partial charge in [0.15, 0.2) is 0 Å². The molecule has 0 amide bonds. The fourth-order valence-corrected chi connectivity index (χ4v) is 2.97. The molecule has 1 aromatic carbocycles. The highest BCUT2D eigenvalue weighted by atomic mass is 19.1. The smallest absolute Gasteiger partial charge is 0.123 e. The van der Waals surface area contributed by atoms with Gasteiger partial charge in [-0.15, -0.1) is 0 Å². The molecule has 1 unspecified atom stereocenters. The first-order chi connectivity index (χ1) is 9.74. The summed E-state index contributed by atoms with van der Waals surface area (Å²) in [6.07, 6.45) is 6.12. The number of fused-ring (bicyclic) bond motifs is 1. The van der Waals surface area contributed by atoms with Gasteiger partial charge in [-0.2, -0.15) is 5.10 Å². The normalized spacial score (nSPS) is 17.4. The van der Waals surface area contributed by atoms with Crippen LogP contribution < -0.4 is 5.32 Å². The predicted molar refractivity (Wildman–Crippen MR) is 77.1 cm³/mol. The molecule has 1 atom stereocenters. The Balaban J connectivity index is 1.51. The second kappa shape index (κ2) is 5.75. The van der Waals surface area contributed by atoms with Crippen LogP contribution in [-0.4, -0.2) is 16.7 Å². The minimum atomic E-state index is -0.133. The van der Waals surface area contributed by atoms with Crippen LogP contribution in [0.1, 0.15) is 41.3 Å². The fourth-order valence-electron chi connectivity index (χ4n) is 2.97. The number of aryl methyl sites for hydroxylation is 3. The molecule has 0 spiro atoms. The van der Waals surface area contributed by atoms with E-state index < -0.39 is 0 Å². The van der Waals surface area contributed by atoms with Gasteiger partial charge in [-0.25, -0.2) is 4.39 Å². The van der Waals surface area contributed by atoms with E-state index >= 15 is 0 Å². The molecule has 0 fully saturated rings. The summed E-state index contributed by atoms with van der Waals surface area (Å²) in [5, 5.41) is 10.5. The molecular weight excluding hydrogens is 253 g/mol. The van der Waals surface area contributed by atoms with Crippen LogP contribution in [0.15, 0.2) is 24.4 Å². The molecule has 2 N–H and O–H groups in total. The van der Waals surface area contributed by atoms with Gasteiger partial charge in [0.05, 0.1) is 6.20 Å². The summed E-state index contributed by atoms with van der Waals surface area (Å²) < 4.78 is 13.3. The van der Waals surface area contributed by atoms with Gasteiger partial charge in [-0.1, -0.05) is 6.07 Å². The minimum absolute atomic E-state index is 0.133. The molecule has 0 saturated heterocycles. The SMILES string of the molecule is Cc1[nH]ncc1CCCNC1CCc2ccc(F)cc21. The van der Waals surface area contributed by atoms with E-state index in [0.717, 1.165) is 43.5 Å². The third kappa shape index (κ3) is 2.75. The van der Waals surface area contributed by atoms with E-state index in [2.05, 4.69) is 15.5 Å². The van der Waals surface area contributed by atoms with Crippen molar-refractivity contribution < 1.29 is 4.39 Å². The lowest BCUT2D eigenvalue weighted by molar-refractivity contribution is 0.517. The molecule has 0 bridgehead atoms. The number of aromatic amines is 1. The van der Waals surface area contributed by atoms with Crippen molar-refractivity contribution in [2.75, 3.05) is 6.54 Å². The van der Waals surface area contributed by atoms with Gasteiger partial charge in [-0.3, -0.25) is 5.10 Å². The number of hydrogen-bond donors (Lipinski definition) is 2. The Labute approximate surface area is 118 Å². The van der Waals surface area contributed by atoms with Crippen molar-refractivity contribution in [3.8, 4) is 0 Å². The second-order valence-corrected chi connectivity index (χ2v) is 5.51. The summed E-state index contributed by atoms with van der Waals surface area (Å²) in [7, 11) is 0. The van der Waals surface area contributed by atoms with Crippen LogP contribution >= 0.6 is 0 Å². The molecular formula is C16H20FN3. The Morgan fingerprint density at radius 1 is 1.45 bits per heavy atom. The number of rotatable bonds is 5. The minimum Gasteiger partial charge on any atom is -0.310 e. The zero-order valence-electron chi connectivity index (χ0n) is 11.7. The molecule has 2 aromatic rings. The Hall–Kier alpha value is -1.68. The summed E-state index contributed by atoms with van der Waals surface area (Å²) in [6, 6.07) is 5.47. The molecule has 4 heteroatoms. The monoisotopic (exact) mass is 273 g/mol. The van der Waals surface area contributed by atoms with Crippen molar-refractivity contribution in [2.45, 2.75) is 38.6 Å². The Bertz CT molecular complexity index is 591. The van der Waals surface area contributed by atoms with Gasteiger partial charge < -0.3 is 5.32 Å². The third-order valence-electron chi connectivity index (χ3n) is 4.13. The van der Waals surface area contributed by atoms with Gasteiger partial charge in [0.2, 0.25) is 0 Å². The van der Waals surface area contributed by atoms with Gasteiger partial charge in [0.25, 0.3) is 0 Å². The van der Waals surface area contributed by atoms with Crippen molar-refractivity contribution in [1.29, 1.82) is 0 Å². The van der Waals surface area contributed by atoms with E-state index in [0.29, 0.717) is 6.04 Å². The first kappa shape index (κ1) is 13.3.